The molecule has 170 valence electrons. The third-order valence-electron chi connectivity index (χ3n) is 6.52. The van der Waals surface area contributed by atoms with Crippen molar-refractivity contribution in [1.29, 1.82) is 0 Å². The van der Waals surface area contributed by atoms with Crippen LogP contribution < -0.4 is 0 Å². The van der Waals surface area contributed by atoms with E-state index in [4.69, 9.17) is 0 Å². The number of aliphatic carboxylic acids is 1. The lowest BCUT2D eigenvalue weighted by Gasteiger charge is -2.43. The fourth-order valence-electron chi connectivity index (χ4n) is 4.65. The molecule has 5 rings (SSSR count). The summed E-state index contributed by atoms with van der Waals surface area (Å²) in [5.41, 5.74) is 2.36. The van der Waals surface area contributed by atoms with Gasteiger partial charge in [0.25, 0.3) is 0 Å². The second-order valence-corrected chi connectivity index (χ2v) is 10.5. The van der Waals surface area contributed by atoms with Crippen LogP contribution in [0, 0.1) is 18.2 Å². The minimum absolute atomic E-state index is 0.130. The molecule has 1 aliphatic heterocycles. The van der Waals surface area contributed by atoms with E-state index in [-0.39, 0.29) is 30.2 Å². The van der Waals surface area contributed by atoms with Crippen LogP contribution in [0.1, 0.15) is 23.2 Å². The summed E-state index contributed by atoms with van der Waals surface area (Å²) in [6.45, 7) is 1.92. The number of halogens is 1. The lowest BCUT2D eigenvalue weighted by atomic mass is 9.69. The highest BCUT2D eigenvalue weighted by molar-refractivity contribution is 7.89. The van der Waals surface area contributed by atoms with E-state index in [0.29, 0.717) is 23.2 Å². The monoisotopic (exact) mass is 467 g/mol. The SMILES string of the molecule is Cc1ccc(S(=O)(=O)N2CCC3=Cc4c(cnn4-c4ccc(F)cc4)CC3(C(=O)O)C2)cc1. The summed E-state index contributed by atoms with van der Waals surface area (Å²) in [5.74, 6) is -1.41. The van der Waals surface area contributed by atoms with Gasteiger partial charge in [-0.2, -0.15) is 9.40 Å². The van der Waals surface area contributed by atoms with Gasteiger partial charge in [-0.3, -0.25) is 4.79 Å². The third kappa shape index (κ3) is 3.48. The number of hydrogen-bond donors (Lipinski definition) is 1. The van der Waals surface area contributed by atoms with E-state index in [1.165, 1.54) is 16.4 Å². The van der Waals surface area contributed by atoms with Crippen molar-refractivity contribution in [2.75, 3.05) is 13.1 Å². The first-order valence-corrected chi connectivity index (χ1v) is 12.0. The number of aryl methyl sites for hydroxylation is 1. The molecule has 2 aromatic carbocycles. The van der Waals surface area contributed by atoms with Crippen LogP contribution in [0.5, 0.6) is 0 Å². The van der Waals surface area contributed by atoms with Gasteiger partial charge >= 0.3 is 5.97 Å². The van der Waals surface area contributed by atoms with Crippen molar-refractivity contribution in [2.24, 2.45) is 5.41 Å². The summed E-state index contributed by atoms with van der Waals surface area (Å²) in [6, 6.07) is 12.5. The Labute approximate surface area is 190 Å². The highest BCUT2D eigenvalue weighted by Crippen LogP contribution is 2.45. The van der Waals surface area contributed by atoms with E-state index < -0.39 is 21.4 Å². The van der Waals surface area contributed by atoms with Gasteiger partial charge in [-0.1, -0.05) is 17.7 Å². The van der Waals surface area contributed by atoms with Crippen molar-refractivity contribution in [2.45, 2.75) is 24.7 Å². The van der Waals surface area contributed by atoms with Gasteiger partial charge in [0.1, 0.15) is 11.2 Å². The van der Waals surface area contributed by atoms with Crippen LogP contribution in [0.3, 0.4) is 0 Å². The number of carboxylic acid groups (broad SMARTS) is 1. The van der Waals surface area contributed by atoms with Crippen LogP contribution in [-0.2, 0) is 21.2 Å². The van der Waals surface area contributed by atoms with Gasteiger partial charge in [0.05, 0.1) is 22.5 Å². The van der Waals surface area contributed by atoms with Gasteiger partial charge in [0.2, 0.25) is 10.0 Å². The minimum atomic E-state index is -3.83. The van der Waals surface area contributed by atoms with Crippen molar-refractivity contribution < 1.29 is 22.7 Å². The molecule has 1 unspecified atom stereocenters. The fourth-order valence-corrected chi connectivity index (χ4v) is 6.15. The van der Waals surface area contributed by atoms with Crippen molar-refractivity contribution in [3.63, 3.8) is 0 Å². The molecule has 3 aromatic rings. The van der Waals surface area contributed by atoms with Crippen molar-refractivity contribution in [3.05, 3.63) is 82.9 Å². The maximum atomic E-state index is 13.3. The average Bonchev–Trinajstić information content (AvgIpc) is 3.20. The molecule has 2 heterocycles. The maximum Gasteiger partial charge on any atom is 0.315 e. The number of benzene rings is 2. The molecule has 0 amide bonds. The summed E-state index contributed by atoms with van der Waals surface area (Å²) in [4.78, 5) is 12.7. The summed E-state index contributed by atoms with van der Waals surface area (Å²) >= 11 is 0. The van der Waals surface area contributed by atoms with Crippen molar-refractivity contribution in [1.82, 2.24) is 14.1 Å². The predicted octanol–water partition coefficient (Wildman–Crippen LogP) is 3.42. The smallest absolute Gasteiger partial charge is 0.315 e. The molecule has 7 nitrogen and oxygen atoms in total. The molecular formula is C24H22FN3O4S. The highest BCUT2D eigenvalue weighted by Gasteiger charge is 2.51. The van der Waals surface area contributed by atoms with E-state index >= 15 is 0 Å². The number of piperidine rings is 1. The number of aromatic nitrogens is 2. The zero-order valence-electron chi connectivity index (χ0n) is 17.9. The second kappa shape index (κ2) is 7.64. The zero-order chi connectivity index (χ0) is 23.4. The Bertz CT molecular complexity index is 1380. The average molecular weight is 468 g/mol. The molecular weight excluding hydrogens is 445 g/mol. The molecule has 0 spiro atoms. The molecule has 1 N–H and O–H groups in total. The summed E-state index contributed by atoms with van der Waals surface area (Å²) < 4.78 is 42.8. The Balaban J connectivity index is 1.52. The van der Waals surface area contributed by atoms with Gasteiger partial charge < -0.3 is 5.11 Å². The molecule has 1 saturated heterocycles. The predicted molar refractivity (Wildman–Crippen MR) is 120 cm³/mol. The molecule has 9 heteroatoms. The molecule has 1 fully saturated rings. The number of rotatable bonds is 4. The molecule has 1 atom stereocenters. The van der Waals surface area contributed by atoms with E-state index in [1.807, 2.05) is 6.92 Å². The minimum Gasteiger partial charge on any atom is -0.481 e. The molecule has 0 radical (unpaired) electrons. The van der Waals surface area contributed by atoms with Gasteiger partial charge in [-0.05, 0) is 73.4 Å². The molecule has 1 aliphatic carbocycles. The van der Waals surface area contributed by atoms with Crippen molar-refractivity contribution in [3.8, 4) is 5.69 Å². The summed E-state index contributed by atoms with van der Waals surface area (Å²) in [7, 11) is -3.83. The Hall–Kier alpha value is -3.30. The first-order valence-electron chi connectivity index (χ1n) is 10.5. The van der Waals surface area contributed by atoms with Crippen LogP contribution >= 0.6 is 0 Å². The number of carbonyl (C=O) groups is 1. The van der Waals surface area contributed by atoms with Gasteiger partial charge in [0, 0.05) is 13.1 Å². The highest BCUT2D eigenvalue weighted by atomic mass is 32.2. The van der Waals surface area contributed by atoms with E-state index in [2.05, 4.69) is 5.10 Å². The van der Waals surface area contributed by atoms with Crippen LogP contribution in [0.15, 0.2) is 65.2 Å². The lowest BCUT2D eigenvalue weighted by molar-refractivity contribution is -0.147. The molecule has 33 heavy (non-hydrogen) atoms. The zero-order valence-corrected chi connectivity index (χ0v) is 18.7. The van der Waals surface area contributed by atoms with Crippen LogP contribution in [0.25, 0.3) is 11.8 Å². The van der Waals surface area contributed by atoms with Gasteiger partial charge in [-0.25, -0.2) is 17.5 Å². The molecule has 0 saturated carbocycles. The molecule has 0 bridgehead atoms. The second-order valence-electron chi connectivity index (χ2n) is 8.58. The maximum absolute atomic E-state index is 13.3. The van der Waals surface area contributed by atoms with Gasteiger partial charge in [0.15, 0.2) is 0 Å². The lowest BCUT2D eigenvalue weighted by Crippen LogP contribution is -2.53. The van der Waals surface area contributed by atoms with E-state index in [9.17, 15) is 22.7 Å². The molecule has 1 aromatic heterocycles. The largest absolute Gasteiger partial charge is 0.481 e. The van der Waals surface area contributed by atoms with Crippen LogP contribution in [0.2, 0.25) is 0 Å². The first kappa shape index (κ1) is 21.5. The Kier molecular flexibility index (Phi) is 4.98. The number of carboxylic acids is 1. The normalized spacial score (nSPS) is 20.6. The summed E-state index contributed by atoms with van der Waals surface area (Å²) in [5, 5.41) is 14.7. The number of sulfonamides is 1. The van der Waals surface area contributed by atoms with E-state index in [1.54, 1.807) is 53.4 Å². The Morgan fingerprint density at radius 1 is 1.12 bits per heavy atom. The Morgan fingerprint density at radius 3 is 2.48 bits per heavy atom. The summed E-state index contributed by atoms with van der Waals surface area (Å²) in [6.07, 6.45) is 3.83. The number of fused-ring (bicyclic) bond motifs is 2. The number of nitrogens with zero attached hydrogens (tertiary/aromatic N) is 3. The topological polar surface area (TPSA) is 92.5 Å². The molecule has 2 aliphatic rings. The van der Waals surface area contributed by atoms with E-state index in [0.717, 1.165) is 11.3 Å². The fraction of sp³-hybridized carbons (Fsp3) is 0.250. The van der Waals surface area contributed by atoms with Crippen LogP contribution in [-0.4, -0.2) is 46.7 Å². The first-order chi connectivity index (χ1) is 15.7. The number of hydrogen-bond acceptors (Lipinski definition) is 4. The van der Waals surface area contributed by atoms with Gasteiger partial charge in [-0.15, -0.1) is 0 Å². The van der Waals surface area contributed by atoms with Crippen LogP contribution in [0.4, 0.5) is 4.39 Å². The Morgan fingerprint density at radius 2 is 1.82 bits per heavy atom. The standard InChI is InChI=1S/C24H22FN3O4S/c1-16-2-8-21(9-3-16)33(31,32)27-11-10-18-12-22-17(13-24(18,15-27)23(29)30)14-26-28(22)20-6-4-19(25)5-7-20/h2-9,12,14H,10-11,13,15H2,1H3,(H,29,30). The quantitative estimate of drug-likeness (QED) is 0.635. The third-order valence-corrected chi connectivity index (χ3v) is 8.38. The van der Waals surface area contributed by atoms with Crippen molar-refractivity contribution >= 4 is 22.1 Å².